The van der Waals surface area contributed by atoms with Crippen LogP contribution in [0.4, 0.5) is 39.5 Å². The molecule has 0 radical (unpaired) electrons. The van der Waals surface area contributed by atoms with Gasteiger partial charge in [0, 0.05) is 10.8 Å². The van der Waals surface area contributed by atoms with Gasteiger partial charge in [0.1, 0.15) is 0 Å². The van der Waals surface area contributed by atoms with Crippen LogP contribution in [0.3, 0.4) is 0 Å². The molecule has 0 spiro atoms. The minimum atomic E-state index is -2.63. The van der Waals surface area contributed by atoms with Crippen molar-refractivity contribution in [3.8, 4) is 23.0 Å². The lowest BCUT2D eigenvalue weighted by Gasteiger charge is -2.16. The molecule has 3 N–H and O–H groups in total. The molecule has 0 saturated carbocycles. The summed E-state index contributed by atoms with van der Waals surface area (Å²) in [6.45, 7) is 0. The van der Waals surface area contributed by atoms with E-state index in [4.69, 9.17) is 0 Å². The number of aromatic hydroxyl groups is 3. The van der Waals surface area contributed by atoms with Gasteiger partial charge < -0.3 is 20.1 Å². The lowest BCUT2D eigenvalue weighted by Crippen LogP contribution is -2.13. The normalized spacial score (nSPS) is 11.5. The highest BCUT2D eigenvalue weighted by Crippen LogP contribution is 2.45. The fourth-order valence-corrected chi connectivity index (χ4v) is 3.34. The minimum absolute atomic E-state index is 0.422. The Balaban J connectivity index is 2.17. The number of halogens is 9. The van der Waals surface area contributed by atoms with E-state index in [0.717, 1.165) is 0 Å². The average molecular weight is 508 g/mol. The topological polar surface area (TPSA) is 87.0 Å². The van der Waals surface area contributed by atoms with Crippen LogP contribution >= 0.6 is 0 Å². The van der Waals surface area contributed by atoms with E-state index in [-0.39, 0.29) is 0 Å². The molecule has 0 atom stereocenters. The molecule has 0 aliphatic rings. The fourth-order valence-electron chi connectivity index (χ4n) is 3.34. The van der Waals surface area contributed by atoms with Gasteiger partial charge in [-0.25, -0.2) is 44.3 Å². The summed E-state index contributed by atoms with van der Waals surface area (Å²) in [7, 11) is 0. The van der Waals surface area contributed by atoms with Crippen molar-refractivity contribution < 1.29 is 64.4 Å². The van der Waals surface area contributed by atoms with Crippen LogP contribution in [0, 0.1) is 52.4 Å². The second-order valence-corrected chi connectivity index (χ2v) is 6.91. The van der Waals surface area contributed by atoms with Gasteiger partial charge in [0.05, 0.1) is 16.3 Å². The smallest absolute Gasteiger partial charge is 0.343 e. The molecule has 0 unspecified atom stereocenters. The van der Waals surface area contributed by atoms with Gasteiger partial charge in [-0.05, 0) is 12.1 Å². The molecule has 4 aromatic rings. The summed E-state index contributed by atoms with van der Waals surface area (Å²) in [5.74, 6) is -30.0. The molecule has 14 heteroatoms. The van der Waals surface area contributed by atoms with Crippen LogP contribution < -0.4 is 4.74 Å². The van der Waals surface area contributed by atoms with Gasteiger partial charge in [-0.1, -0.05) is 0 Å². The number of hydrogen-bond donors (Lipinski definition) is 3. The van der Waals surface area contributed by atoms with Crippen molar-refractivity contribution in [2.75, 3.05) is 0 Å². The summed E-state index contributed by atoms with van der Waals surface area (Å²) in [5, 5.41) is 20.8. The zero-order chi connectivity index (χ0) is 26.1. The van der Waals surface area contributed by atoms with E-state index >= 15 is 4.39 Å². The van der Waals surface area contributed by atoms with E-state index < -0.39 is 108 Å². The largest absolute Gasteiger partial charge is 0.504 e. The van der Waals surface area contributed by atoms with Crippen LogP contribution in [0.2, 0.25) is 0 Å². The first kappa shape index (κ1) is 23.8. The Hall–Kier alpha value is -4.36. The van der Waals surface area contributed by atoms with Crippen molar-refractivity contribution >= 4 is 27.5 Å². The highest BCUT2D eigenvalue weighted by Gasteiger charge is 2.34. The van der Waals surface area contributed by atoms with Gasteiger partial charge in [0.15, 0.2) is 75.4 Å². The Morgan fingerprint density at radius 1 is 0.543 bits per heavy atom. The van der Waals surface area contributed by atoms with Crippen molar-refractivity contribution in [3.63, 3.8) is 0 Å². The molecule has 35 heavy (non-hydrogen) atoms. The Kier molecular flexibility index (Phi) is 5.34. The summed E-state index contributed by atoms with van der Waals surface area (Å²) in [6, 6.07) is 0.843. The van der Waals surface area contributed by atoms with Crippen molar-refractivity contribution in [2.24, 2.45) is 0 Å². The molecular formula is C21H5F9O5. The monoisotopic (exact) mass is 508 g/mol. The standard InChI is InChI=1S/C21H5F9O5/c22-10-6-7-9(13(25)18(30)16(28)11(7)23)20(14(26)8(6)12(24)17(29)15(10)27)35-21(34)3-1-4(31)19(33)5(32)2-3/h1-2,31-33H. The predicted octanol–water partition coefficient (Wildman–Crippen LogP) is 5.58. The quantitative estimate of drug-likeness (QED) is 0.0626. The van der Waals surface area contributed by atoms with Crippen molar-refractivity contribution in [2.45, 2.75) is 0 Å². The number of carbonyl (C=O) groups is 1. The summed E-state index contributed by atoms with van der Waals surface area (Å²) < 4.78 is 133. The van der Waals surface area contributed by atoms with Gasteiger partial charge in [0.2, 0.25) is 0 Å². The number of benzene rings is 4. The van der Waals surface area contributed by atoms with E-state index in [1.54, 1.807) is 0 Å². The molecule has 0 aliphatic heterocycles. The fraction of sp³-hybridized carbons (Fsp3) is 0. The second-order valence-electron chi connectivity index (χ2n) is 6.91. The maximum atomic E-state index is 15.2. The van der Waals surface area contributed by atoms with Crippen LogP contribution in [-0.4, -0.2) is 21.3 Å². The van der Waals surface area contributed by atoms with Crippen LogP contribution in [-0.2, 0) is 0 Å². The van der Waals surface area contributed by atoms with E-state index in [1.807, 2.05) is 0 Å². The van der Waals surface area contributed by atoms with Gasteiger partial charge >= 0.3 is 5.97 Å². The Labute approximate surface area is 185 Å². The van der Waals surface area contributed by atoms with Crippen LogP contribution in [0.25, 0.3) is 21.5 Å². The van der Waals surface area contributed by atoms with Gasteiger partial charge in [-0.3, -0.25) is 0 Å². The summed E-state index contributed by atoms with van der Waals surface area (Å²) in [6.07, 6.45) is 0. The Bertz CT molecular complexity index is 1600. The SMILES string of the molecule is O=C(Oc1c(F)c2c(F)c(F)c(F)c(F)c2c2c(F)c(F)c(F)c(F)c12)c1cc(O)c(O)c(O)c1. The molecule has 0 saturated heterocycles. The number of carbonyl (C=O) groups excluding carboxylic acids is 1. The molecule has 0 fully saturated rings. The number of fused-ring (bicyclic) bond motifs is 3. The maximum absolute atomic E-state index is 15.2. The van der Waals surface area contributed by atoms with Crippen LogP contribution in [0.15, 0.2) is 12.1 Å². The lowest BCUT2D eigenvalue weighted by molar-refractivity contribution is 0.0729. The van der Waals surface area contributed by atoms with Gasteiger partial charge in [-0.15, -0.1) is 0 Å². The number of rotatable bonds is 2. The summed E-state index contributed by atoms with van der Waals surface area (Å²) >= 11 is 0. The highest BCUT2D eigenvalue weighted by molar-refractivity contribution is 6.12. The zero-order valence-corrected chi connectivity index (χ0v) is 16.2. The molecule has 0 amide bonds. The number of hydrogen-bond acceptors (Lipinski definition) is 5. The van der Waals surface area contributed by atoms with Crippen molar-refractivity contribution in [3.05, 3.63) is 70.1 Å². The first-order valence-corrected chi connectivity index (χ1v) is 8.89. The zero-order valence-electron chi connectivity index (χ0n) is 16.2. The molecule has 0 aliphatic carbocycles. The predicted molar refractivity (Wildman–Crippen MR) is 97.5 cm³/mol. The highest BCUT2D eigenvalue weighted by atomic mass is 19.2. The first-order valence-electron chi connectivity index (χ1n) is 8.89. The first-order chi connectivity index (χ1) is 16.3. The van der Waals surface area contributed by atoms with Crippen molar-refractivity contribution in [1.29, 1.82) is 0 Å². The Morgan fingerprint density at radius 3 is 1.37 bits per heavy atom. The number of ether oxygens (including phenoxy) is 1. The number of phenolic OH excluding ortho intramolecular Hbond substituents is 3. The number of phenols is 3. The third-order valence-corrected chi connectivity index (χ3v) is 4.93. The van der Waals surface area contributed by atoms with Gasteiger partial charge in [-0.2, -0.15) is 0 Å². The summed E-state index contributed by atoms with van der Waals surface area (Å²) in [5.41, 5.74) is -0.911. The van der Waals surface area contributed by atoms with E-state index in [2.05, 4.69) is 4.74 Å². The molecule has 4 rings (SSSR count). The van der Waals surface area contributed by atoms with Crippen molar-refractivity contribution in [1.82, 2.24) is 0 Å². The van der Waals surface area contributed by atoms with Crippen LogP contribution in [0.1, 0.15) is 10.4 Å². The van der Waals surface area contributed by atoms with Crippen LogP contribution in [0.5, 0.6) is 23.0 Å². The molecule has 0 aromatic heterocycles. The molecular weight excluding hydrogens is 503 g/mol. The third kappa shape index (κ3) is 3.24. The average Bonchev–Trinajstić information content (AvgIpc) is 2.82. The molecule has 182 valence electrons. The lowest BCUT2D eigenvalue weighted by atomic mass is 9.97. The second kappa shape index (κ2) is 7.85. The van der Waals surface area contributed by atoms with E-state index in [9.17, 15) is 55.2 Å². The third-order valence-electron chi connectivity index (χ3n) is 4.93. The molecule has 0 heterocycles. The molecule has 4 aromatic carbocycles. The summed E-state index contributed by atoms with van der Waals surface area (Å²) in [4.78, 5) is 12.4. The Morgan fingerprint density at radius 2 is 0.914 bits per heavy atom. The minimum Gasteiger partial charge on any atom is -0.504 e. The molecule has 5 nitrogen and oxygen atoms in total. The molecule has 0 bridgehead atoms. The van der Waals surface area contributed by atoms with Gasteiger partial charge in [0.25, 0.3) is 0 Å². The van der Waals surface area contributed by atoms with E-state index in [1.165, 1.54) is 0 Å². The number of esters is 1. The maximum Gasteiger partial charge on any atom is 0.343 e. The van der Waals surface area contributed by atoms with E-state index in [0.29, 0.717) is 12.1 Å².